The molecule has 1 fully saturated rings. The minimum Gasteiger partial charge on any atom is -0.497 e. The number of piperidine rings is 1. The number of hydrogen-bond donors (Lipinski definition) is 0. The molecule has 1 saturated heterocycles. The zero-order chi connectivity index (χ0) is 19.6. The van der Waals surface area contributed by atoms with Crippen LogP contribution in [0.3, 0.4) is 0 Å². The van der Waals surface area contributed by atoms with Gasteiger partial charge in [0.25, 0.3) is 5.91 Å². The maximum absolute atomic E-state index is 13.2. The first-order valence-corrected chi connectivity index (χ1v) is 10.5. The van der Waals surface area contributed by atoms with E-state index in [1.165, 1.54) is 7.05 Å². The summed E-state index contributed by atoms with van der Waals surface area (Å²) in [7, 11) is -1.02. The van der Waals surface area contributed by atoms with Gasteiger partial charge >= 0.3 is 10.2 Å². The summed E-state index contributed by atoms with van der Waals surface area (Å²) in [5, 5.41) is 0. The molecule has 2 heterocycles. The van der Waals surface area contributed by atoms with Crippen molar-refractivity contribution in [3.8, 4) is 5.75 Å². The molecule has 1 aromatic carbocycles. The number of methoxy groups -OCH3 is 1. The Balaban J connectivity index is 1.98. The molecule has 0 spiro atoms. The fourth-order valence-electron chi connectivity index (χ4n) is 3.49. The number of carbonyl (C=O) groups is 1. The molecule has 0 aliphatic carbocycles. The average molecular weight is 391 g/mol. The number of nitrogens with zero attached hydrogens (tertiary/aromatic N) is 3. The Kier molecular flexibility index (Phi) is 5.55. The van der Waals surface area contributed by atoms with E-state index in [9.17, 15) is 13.2 Å². The lowest BCUT2D eigenvalue weighted by molar-refractivity contribution is -0.131. The van der Waals surface area contributed by atoms with Gasteiger partial charge in [-0.3, -0.25) is 4.79 Å². The Morgan fingerprint density at radius 3 is 2.59 bits per heavy atom. The highest BCUT2D eigenvalue weighted by molar-refractivity contribution is 7.88. The third-order valence-electron chi connectivity index (χ3n) is 5.14. The third-order valence-corrected chi connectivity index (χ3v) is 6.45. The zero-order valence-corrected chi connectivity index (χ0v) is 16.7. The second-order valence-electron chi connectivity index (χ2n) is 6.74. The quantitative estimate of drug-likeness (QED) is 0.789. The molecule has 2 aliphatic heterocycles. The number of likely N-dealkylation sites (tertiary alicyclic amines) is 1. The number of carbonyl (C=O) groups excluding carboxylic acids is 1. The van der Waals surface area contributed by atoms with Crippen LogP contribution in [0.25, 0.3) is 0 Å². The van der Waals surface area contributed by atoms with Crippen LogP contribution in [0.5, 0.6) is 5.75 Å². The summed E-state index contributed by atoms with van der Waals surface area (Å²) in [6, 6.07) is 7.07. The first-order valence-electron chi connectivity index (χ1n) is 9.13. The molecule has 1 atom stereocenters. The Hall–Kier alpha value is -2.35. The van der Waals surface area contributed by atoms with Gasteiger partial charge in [0, 0.05) is 25.2 Å². The summed E-state index contributed by atoms with van der Waals surface area (Å²) in [5.41, 5.74) is 1.00. The lowest BCUT2D eigenvalue weighted by Gasteiger charge is -2.37. The van der Waals surface area contributed by atoms with Crippen LogP contribution in [0, 0.1) is 0 Å². The van der Waals surface area contributed by atoms with E-state index in [4.69, 9.17) is 4.74 Å². The number of ether oxygens (including phenoxy) is 1. The second kappa shape index (κ2) is 7.72. The molecule has 0 radical (unpaired) electrons. The summed E-state index contributed by atoms with van der Waals surface area (Å²) in [4.78, 5) is 15.0. The largest absolute Gasteiger partial charge is 0.497 e. The minimum absolute atomic E-state index is 0.135. The van der Waals surface area contributed by atoms with E-state index in [2.05, 4.69) is 11.3 Å². The topological polar surface area (TPSA) is 79.3 Å². The van der Waals surface area contributed by atoms with E-state index in [1.54, 1.807) is 42.4 Å². The summed E-state index contributed by atoms with van der Waals surface area (Å²) >= 11 is 0. The molecule has 7 nitrogen and oxygen atoms in total. The summed E-state index contributed by atoms with van der Waals surface area (Å²) in [6.45, 7) is 2.70. The third kappa shape index (κ3) is 3.85. The highest BCUT2D eigenvalue weighted by Gasteiger charge is 2.35. The van der Waals surface area contributed by atoms with Crippen LogP contribution in [0.2, 0.25) is 0 Å². The average Bonchev–Trinajstić information content (AvgIpc) is 2.69. The van der Waals surface area contributed by atoms with Crippen LogP contribution in [0.1, 0.15) is 38.2 Å². The first kappa shape index (κ1) is 19.4. The Bertz CT molecular complexity index is 875. The van der Waals surface area contributed by atoms with E-state index in [-0.39, 0.29) is 23.4 Å². The van der Waals surface area contributed by atoms with Gasteiger partial charge < -0.3 is 9.64 Å². The van der Waals surface area contributed by atoms with Gasteiger partial charge in [0.05, 0.1) is 12.8 Å². The fourth-order valence-corrected chi connectivity index (χ4v) is 4.40. The number of rotatable bonds is 4. The fraction of sp³-hybridized carbons (Fsp3) is 0.474. The van der Waals surface area contributed by atoms with Gasteiger partial charge in [0.2, 0.25) is 0 Å². The van der Waals surface area contributed by atoms with Crippen molar-refractivity contribution in [1.82, 2.24) is 9.21 Å². The van der Waals surface area contributed by atoms with E-state index in [0.29, 0.717) is 17.9 Å². The molecular weight excluding hydrogens is 366 g/mol. The predicted molar refractivity (Wildman–Crippen MR) is 104 cm³/mol. The van der Waals surface area contributed by atoms with E-state index >= 15 is 0 Å². The van der Waals surface area contributed by atoms with Crippen molar-refractivity contribution in [2.75, 3.05) is 20.7 Å². The van der Waals surface area contributed by atoms with E-state index < -0.39 is 10.2 Å². The van der Waals surface area contributed by atoms with Crippen LogP contribution < -0.4 is 4.74 Å². The smallest absolute Gasteiger partial charge is 0.345 e. The molecular formula is C19H25N3O4S. The predicted octanol–water partition coefficient (Wildman–Crippen LogP) is 2.35. The number of hydrogen-bond acceptors (Lipinski definition) is 4. The highest BCUT2D eigenvalue weighted by atomic mass is 32.2. The van der Waals surface area contributed by atoms with Crippen LogP contribution >= 0.6 is 0 Å². The lowest BCUT2D eigenvalue weighted by Crippen LogP contribution is -2.47. The van der Waals surface area contributed by atoms with Gasteiger partial charge in [-0.2, -0.15) is 8.42 Å². The van der Waals surface area contributed by atoms with Gasteiger partial charge in [0.1, 0.15) is 11.4 Å². The molecule has 0 bridgehead atoms. The molecule has 146 valence electrons. The van der Waals surface area contributed by atoms with Gasteiger partial charge in [0.15, 0.2) is 0 Å². The summed E-state index contributed by atoms with van der Waals surface area (Å²) < 4.78 is 35.1. The second-order valence-corrected chi connectivity index (χ2v) is 8.36. The molecule has 1 amide bonds. The SMILES string of the molecule is CCC1CCCCN1C(=O)C1=CC(c2ccc(OC)cc2)=NS(=O)(=O)N1C. The summed E-state index contributed by atoms with van der Waals surface area (Å²) in [6.07, 6.45) is 5.40. The van der Waals surface area contributed by atoms with Crippen LogP contribution in [-0.4, -0.2) is 56.0 Å². The summed E-state index contributed by atoms with van der Waals surface area (Å²) in [5.74, 6) is 0.406. The minimum atomic E-state index is -3.96. The molecule has 8 heteroatoms. The number of allylic oxidation sites excluding steroid dienone is 1. The maximum atomic E-state index is 13.2. The van der Waals surface area contributed by atoms with Crippen molar-refractivity contribution < 1.29 is 17.9 Å². The van der Waals surface area contributed by atoms with Crippen molar-refractivity contribution in [2.24, 2.45) is 4.40 Å². The van der Waals surface area contributed by atoms with Gasteiger partial charge in [-0.25, -0.2) is 4.31 Å². The molecule has 1 aromatic rings. The normalized spacial score (nSPS) is 22.1. The van der Waals surface area contributed by atoms with Crippen molar-refractivity contribution in [3.63, 3.8) is 0 Å². The van der Waals surface area contributed by atoms with E-state index in [0.717, 1.165) is 30.0 Å². The highest BCUT2D eigenvalue weighted by Crippen LogP contribution is 2.26. The number of amides is 1. The van der Waals surface area contributed by atoms with Crippen molar-refractivity contribution in [1.29, 1.82) is 0 Å². The van der Waals surface area contributed by atoms with E-state index in [1.807, 2.05) is 0 Å². The molecule has 1 unspecified atom stereocenters. The monoisotopic (exact) mass is 391 g/mol. The van der Waals surface area contributed by atoms with Gasteiger partial charge in [-0.05, 0) is 56.0 Å². The first-order chi connectivity index (χ1) is 12.9. The maximum Gasteiger partial charge on any atom is 0.345 e. The molecule has 0 N–H and O–H groups in total. The molecule has 27 heavy (non-hydrogen) atoms. The molecule has 2 aliphatic rings. The number of benzene rings is 1. The molecule has 0 saturated carbocycles. The molecule has 3 rings (SSSR count). The Morgan fingerprint density at radius 1 is 1.26 bits per heavy atom. The standard InChI is InChI=1S/C19H25N3O4S/c1-4-15-7-5-6-12-22(15)19(23)18-13-17(20-27(24,25)21(18)2)14-8-10-16(26-3)11-9-14/h8-11,13,15H,4-7,12H2,1-3H3. The Morgan fingerprint density at radius 2 is 1.96 bits per heavy atom. The van der Waals surface area contributed by atoms with Crippen LogP contribution in [0.15, 0.2) is 40.4 Å². The van der Waals surface area contributed by atoms with Crippen molar-refractivity contribution in [3.05, 3.63) is 41.6 Å². The van der Waals surface area contributed by atoms with Crippen molar-refractivity contribution in [2.45, 2.75) is 38.6 Å². The lowest BCUT2D eigenvalue weighted by atomic mass is 9.99. The molecule has 0 aromatic heterocycles. The van der Waals surface area contributed by atoms with Crippen LogP contribution in [-0.2, 0) is 15.0 Å². The van der Waals surface area contributed by atoms with Gasteiger partial charge in [-0.15, -0.1) is 4.40 Å². The zero-order valence-electron chi connectivity index (χ0n) is 15.9. The number of likely N-dealkylation sites (N-methyl/N-ethyl adjacent to an activating group) is 1. The Labute approximate surface area is 160 Å². The van der Waals surface area contributed by atoms with Crippen LogP contribution in [0.4, 0.5) is 0 Å². The van der Waals surface area contributed by atoms with Crippen molar-refractivity contribution >= 4 is 21.8 Å². The van der Waals surface area contributed by atoms with Gasteiger partial charge in [-0.1, -0.05) is 6.92 Å².